The van der Waals surface area contributed by atoms with Crippen molar-refractivity contribution in [3.63, 3.8) is 0 Å². The Kier molecular flexibility index (Phi) is 8.09. The summed E-state index contributed by atoms with van der Waals surface area (Å²) in [4.78, 5) is 12.6. The predicted molar refractivity (Wildman–Crippen MR) is 122 cm³/mol. The molecule has 0 bridgehead atoms. The molecule has 2 aromatic carbocycles. The standard InChI is InChI=1S/C24H32N2O4S/c1-3-20-8-12-23(13-9-20)31(28,29)26-16-14-21(15-17-26)25-24(27)5-4-18-30-22-10-6-19(2)7-11-22/h6-13,21H,3-5,14-18H2,1-2H3,(H,25,27). The summed E-state index contributed by atoms with van der Waals surface area (Å²) in [7, 11) is -3.48. The Morgan fingerprint density at radius 2 is 1.71 bits per heavy atom. The van der Waals surface area contributed by atoms with Crippen molar-refractivity contribution in [2.45, 2.75) is 56.9 Å². The molecule has 1 heterocycles. The van der Waals surface area contributed by atoms with Crippen LogP contribution in [0.4, 0.5) is 0 Å². The van der Waals surface area contributed by atoms with Crippen molar-refractivity contribution in [2.24, 2.45) is 0 Å². The van der Waals surface area contributed by atoms with Crippen LogP contribution in [-0.2, 0) is 21.2 Å². The van der Waals surface area contributed by atoms with Crippen LogP contribution >= 0.6 is 0 Å². The van der Waals surface area contributed by atoms with Crippen LogP contribution in [-0.4, -0.2) is 44.4 Å². The molecule has 0 spiro atoms. The molecule has 1 saturated heterocycles. The number of aryl methyl sites for hydroxylation is 2. The number of nitrogens with zero attached hydrogens (tertiary/aromatic N) is 1. The Bertz CT molecular complexity index is 948. The van der Waals surface area contributed by atoms with Crippen LogP contribution in [0.2, 0.25) is 0 Å². The van der Waals surface area contributed by atoms with E-state index in [-0.39, 0.29) is 11.9 Å². The first-order chi connectivity index (χ1) is 14.9. The maximum Gasteiger partial charge on any atom is 0.243 e. The monoisotopic (exact) mass is 444 g/mol. The van der Waals surface area contributed by atoms with Crippen LogP contribution in [0.5, 0.6) is 5.75 Å². The number of benzene rings is 2. The van der Waals surface area contributed by atoms with Crippen molar-refractivity contribution in [1.29, 1.82) is 0 Å². The molecule has 1 N–H and O–H groups in total. The third kappa shape index (κ3) is 6.55. The zero-order chi connectivity index (χ0) is 22.3. The molecule has 0 saturated carbocycles. The molecule has 1 aliphatic heterocycles. The molecule has 168 valence electrons. The van der Waals surface area contributed by atoms with Gasteiger partial charge >= 0.3 is 0 Å². The van der Waals surface area contributed by atoms with Gasteiger partial charge in [0.2, 0.25) is 15.9 Å². The lowest BCUT2D eigenvalue weighted by Crippen LogP contribution is -2.46. The summed E-state index contributed by atoms with van der Waals surface area (Å²) in [5.41, 5.74) is 2.30. The van der Waals surface area contributed by atoms with Gasteiger partial charge in [0, 0.05) is 25.6 Å². The fourth-order valence-electron chi connectivity index (χ4n) is 3.64. The molecule has 2 aromatic rings. The van der Waals surface area contributed by atoms with Crippen molar-refractivity contribution < 1.29 is 17.9 Å². The van der Waals surface area contributed by atoms with Crippen molar-refractivity contribution >= 4 is 15.9 Å². The highest BCUT2D eigenvalue weighted by atomic mass is 32.2. The minimum absolute atomic E-state index is 0.0102. The third-order valence-electron chi connectivity index (χ3n) is 5.63. The number of hydrogen-bond acceptors (Lipinski definition) is 4. The van der Waals surface area contributed by atoms with Gasteiger partial charge in [-0.05, 0) is 62.4 Å². The molecule has 1 amide bonds. The second kappa shape index (κ2) is 10.8. The summed E-state index contributed by atoms with van der Waals surface area (Å²) >= 11 is 0. The van der Waals surface area contributed by atoms with Crippen LogP contribution in [0.15, 0.2) is 53.4 Å². The molecule has 0 unspecified atom stereocenters. The van der Waals surface area contributed by atoms with E-state index in [1.807, 2.05) is 50.2 Å². The zero-order valence-electron chi connectivity index (χ0n) is 18.3. The Morgan fingerprint density at radius 1 is 1.06 bits per heavy atom. The Balaban J connectivity index is 1.38. The van der Waals surface area contributed by atoms with Crippen molar-refractivity contribution in [2.75, 3.05) is 19.7 Å². The quantitative estimate of drug-likeness (QED) is 0.599. The summed E-state index contributed by atoms with van der Waals surface area (Å²) in [6.07, 6.45) is 3.16. The number of carbonyl (C=O) groups excluding carboxylic acids is 1. The van der Waals surface area contributed by atoms with Gasteiger partial charge in [-0.15, -0.1) is 0 Å². The molecule has 3 rings (SSSR count). The number of rotatable bonds is 9. The summed E-state index contributed by atoms with van der Waals surface area (Å²) in [5, 5.41) is 3.04. The third-order valence-corrected chi connectivity index (χ3v) is 7.54. The van der Waals surface area contributed by atoms with E-state index in [0.29, 0.717) is 50.3 Å². The Morgan fingerprint density at radius 3 is 2.32 bits per heavy atom. The van der Waals surface area contributed by atoms with Crippen molar-refractivity contribution in [1.82, 2.24) is 9.62 Å². The molecule has 0 aromatic heterocycles. The Labute approximate surface area is 185 Å². The molecule has 1 fully saturated rings. The fraction of sp³-hybridized carbons (Fsp3) is 0.458. The first-order valence-corrected chi connectivity index (χ1v) is 12.4. The van der Waals surface area contributed by atoms with Crippen LogP contribution in [0.3, 0.4) is 0 Å². The van der Waals surface area contributed by atoms with Gasteiger partial charge in [0.15, 0.2) is 0 Å². The number of sulfonamides is 1. The van der Waals surface area contributed by atoms with Gasteiger partial charge in [0.25, 0.3) is 0 Å². The van der Waals surface area contributed by atoms with E-state index in [0.717, 1.165) is 17.7 Å². The van der Waals surface area contributed by atoms with Gasteiger partial charge in [-0.1, -0.05) is 36.8 Å². The van der Waals surface area contributed by atoms with E-state index < -0.39 is 10.0 Å². The molecular formula is C24H32N2O4S. The lowest BCUT2D eigenvalue weighted by Gasteiger charge is -2.31. The average Bonchev–Trinajstić information content (AvgIpc) is 2.78. The van der Waals surface area contributed by atoms with Crippen LogP contribution in [0, 0.1) is 6.92 Å². The number of piperidine rings is 1. The Hall–Kier alpha value is -2.38. The average molecular weight is 445 g/mol. The van der Waals surface area contributed by atoms with Gasteiger partial charge in [0.1, 0.15) is 5.75 Å². The molecule has 31 heavy (non-hydrogen) atoms. The highest BCUT2D eigenvalue weighted by molar-refractivity contribution is 7.89. The molecule has 7 heteroatoms. The smallest absolute Gasteiger partial charge is 0.243 e. The molecule has 6 nitrogen and oxygen atoms in total. The summed E-state index contributed by atoms with van der Waals surface area (Å²) in [5.74, 6) is 0.799. The predicted octanol–water partition coefficient (Wildman–Crippen LogP) is 3.69. The molecule has 1 aliphatic rings. The van der Waals surface area contributed by atoms with Gasteiger partial charge in [0.05, 0.1) is 11.5 Å². The highest BCUT2D eigenvalue weighted by Crippen LogP contribution is 2.21. The fourth-order valence-corrected chi connectivity index (χ4v) is 5.11. The van der Waals surface area contributed by atoms with E-state index in [4.69, 9.17) is 4.74 Å². The second-order valence-corrected chi connectivity index (χ2v) is 9.95. The lowest BCUT2D eigenvalue weighted by atomic mass is 10.1. The summed E-state index contributed by atoms with van der Waals surface area (Å²) in [6, 6.07) is 14.9. The molecule has 0 atom stereocenters. The van der Waals surface area contributed by atoms with Crippen molar-refractivity contribution in [3.05, 3.63) is 59.7 Å². The van der Waals surface area contributed by atoms with E-state index in [1.54, 1.807) is 12.1 Å². The van der Waals surface area contributed by atoms with Crippen molar-refractivity contribution in [3.8, 4) is 5.75 Å². The van der Waals surface area contributed by atoms with Crippen LogP contribution in [0.1, 0.15) is 43.7 Å². The zero-order valence-corrected chi connectivity index (χ0v) is 19.2. The largest absolute Gasteiger partial charge is 0.494 e. The van der Waals surface area contributed by atoms with E-state index in [9.17, 15) is 13.2 Å². The van der Waals surface area contributed by atoms with E-state index in [1.165, 1.54) is 9.87 Å². The summed E-state index contributed by atoms with van der Waals surface area (Å²) in [6.45, 7) is 5.39. The first-order valence-electron chi connectivity index (χ1n) is 11.0. The first kappa shape index (κ1) is 23.3. The number of amides is 1. The lowest BCUT2D eigenvalue weighted by molar-refractivity contribution is -0.122. The molecule has 0 aliphatic carbocycles. The number of ether oxygens (including phenoxy) is 1. The maximum absolute atomic E-state index is 12.9. The van der Waals surface area contributed by atoms with Gasteiger partial charge in [-0.2, -0.15) is 4.31 Å². The minimum atomic E-state index is -3.48. The second-order valence-electron chi connectivity index (χ2n) is 8.01. The topological polar surface area (TPSA) is 75.7 Å². The molecular weight excluding hydrogens is 412 g/mol. The maximum atomic E-state index is 12.9. The van der Waals surface area contributed by atoms with Gasteiger partial charge in [-0.25, -0.2) is 8.42 Å². The normalized spacial score (nSPS) is 15.5. The van der Waals surface area contributed by atoms with Crippen LogP contribution in [0.25, 0.3) is 0 Å². The number of carbonyl (C=O) groups is 1. The van der Waals surface area contributed by atoms with Gasteiger partial charge < -0.3 is 10.1 Å². The van der Waals surface area contributed by atoms with E-state index >= 15 is 0 Å². The van der Waals surface area contributed by atoms with E-state index in [2.05, 4.69) is 5.32 Å². The number of hydrogen-bond donors (Lipinski definition) is 1. The van der Waals surface area contributed by atoms with Crippen LogP contribution < -0.4 is 10.1 Å². The molecule has 0 radical (unpaired) electrons. The SMILES string of the molecule is CCc1ccc(S(=O)(=O)N2CCC(NC(=O)CCCOc3ccc(C)cc3)CC2)cc1. The van der Waals surface area contributed by atoms with Gasteiger partial charge in [-0.3, -0.25) is 4.79 Å². The number of nitrogens with one attached hydrogen (secondary N) is 1. The minimum Gasteiger partial charge on any atom is -0.494 e. The highest BCUT2D eigenvalue weighted by Gasteiger charge is 2.29. The summed E-state index contributed by atoms with van der Waals surface area (Å²) < 4.78 is 32.9.